The van der Waals surface area contributed by atoms with Gasteiger partial charge in [-0.3, -0.25) is 0 Å². The van der Waals surface area contributed by atoms with E-state index in [1.54, 1.807) is 0 Å². The summed E-state index contributed by atoms with van der Waals surface area (Å²) >= 11 is 1.86. The van der Waals surface area contributed by atoms with Gasteiger partial charge in [0.15, 0.2) is 0 Å². The molecule has 3 heteroatoms. The predicted octanol–water partition coefficient (Wildman–Crippen LogP) is 4.36. The third-order valence-corrected chi connectivity index (χ3v) is 4.98. The van der Waals surface area contributed by atoms with Crippen molar-refractivity contribution in [2.45, 2.75) is 23.1 Å². The highest BCUT2D eigenvalue weighted by Gasteiger charge is 2.25. The zero-order chi connectivity index (χ0) is 14.7. The molecule has 0 aliphatic carbocycles. The van der Waals surface area contributed by atoms with Gasteiger partial charge < -0.3 is 9.64 Å². The van der Waals surface area contributed by atoms with Crippen LogP contribution in [0.3, 0.4) is 0 Å². The van der Waals surface area contributed by atoms with Crippen LogP contribution in [0.5, 0.6) is 5.75 Å². The monoisotopic (exact) mass is 299 g/mol. The van der Waals surface area contributed by atoms with E-state index in [0.29, 0.717) is 6.04 Å². The maximum atomic E-state index is 5.98. The van der Waals surface area contributed by atoms with Crippen molar-refractivity contribution in [1.29, 1.82) is 0 Å². The van der Waals surface area contributed by atoms with Crippen LogP contribution in [0.4, 0.5) is 0 Å². The first-order chi connectivity index (χ1) is 10.3. The lowest BCUT2D eigenvalue weighted by atomic mass is 10.00. The molecule has 0 radical (unpaired) electrons. The Morgan fingerprint density at radius 3 is 2.67 bits per heavy atom. The number of nitrogens with zero attached hydrogens (tertiary/aromatic N) is 1. The van der Waals surface area contributed by atoms with Crippen molar-refractivity contribution in [2.75, 3.05) is 20.7 Å². The molecule has 0 saturated carbocycles. The van der Waals surface area contributed by atoms with Crippen LogP contribution in [0, 0.1) is 0 Å². The molecule has 2 nitrogen and oxygen atoms in total. The van der Waals surface area contributed by atoms with Crippen LogP contribution < -0.4 is 4.74 Å². The van der Waals surface area contributed by atoms with E-state index in [9.17, 15) is 0 Å². The Kier molecular flexibility index (Phi) is 4.51. The quantitative estimate of drug-likeness (QED) is 0.778. The Morgan fingerprint density at radius 1 is 1.10 bits per heavy atom. The number of para-hydroxylation sites is 1. The summed E-state index contributed by atoms with van der Waals surface area (Å²) in [6.07, 6.45) is 1.06. The van der Waals surface area contributed by atoms with Crippen molar-refractivity contribution in [3.8, 4) is 5.75 Å². The maximum absolute atomic E-state index is 5.98. The standard InChI is InChI=1S/C18H21NOS/c1-19(2)16-11-12-20-18-15(16)9-6-10-17(18)21-13-14-7-4-3-5-8-14/h3-10,16H,11-13H2,1-2H3. The first-order valence-corrected chi connectivity index (χ1v) is 8.33. The average molecular weight is 299 g/mol. The van der Waals surface area contributed by atoms with Gasteiger partial charge in [-0.05, 0) is 25.7 Å². The van der Waals surface area contributed by atoms with E-state index in [1.165, 1.54) is 16.0 Å². The molecular weight excluding hydrogens is 278 g/mol. The molecule has 1 aliphatic heterocycles. The summed E-state index contributed by atoms with van der Waals surface area (Å²) in [6.45, 7) is 0.804. The number of thioether (sulfide) groups is 1. The third kappa shape index (κ3) is 3.25. The van der Waals surface area contributed by atoms with E-state index in [1.807, 2.05) is 11.8 Å². The zero-order valence-electron chi connectivity index (χ0n) is 12.6. The molecule has 0 N–H and O–H groups in total. The summed E-state index contributed by atoms with van der Waals surface area (Å²) in [5.41, 5.74) is 2.67. The van der Waals surface area contributed by atoms with E-state index in [-0.39, 0.29) is 0 Å². The van der Waals surface area contributed by atoms with Crippen molar-refractivity contribution in [1.82, 2.24) is 4.90 Å². The van der Waals surface area contributed by atoms with Crippen molar-refractivity contribution in [3.05, 3.63) is 59.7 Å². The second kappa shape index (κ2) is 6.54. The van der Waals surface area contributed by atoms with Crippen LogP contribution in [-0.4, -0.2) is 25.6 Å². The Morgan fingerprint density at radius 2 is 1.90 bits per heavy atom. The molecule has 110 valence electrons. The number of rotatable bonds is 4. The molecule has 1 heterocycles. The summed E-state index contributed by atoms with van der Waals surface area (Å²) in [5.74, 6) is 2.07. The Labute approximate surface area is 131 Å². The predicted molar refractivity (Wildman–Crippen MR) is 89.0 cm³/mol. The van der Waals surface area contributed by atoms with E-state index in [4.69, 9.17) is 4.74 Å². The van der Waals surface area contributed by atoms with E-state index >= 15 is 0 Å². The molecule has 2 aromatic rings. The minimum absolute atomic E-state index is 0.464. The Balaban J connectivity index is 1.82. The van der Waals surface area contributed by atoms with E-state index < -0.39 is 0 Å². The largest absolute Gasteiger partial charge is 0.492 e. The van der Waals surface area contributed by atoms with Crippen LogP contribution in [0.1, 0.15) is 23.6 Å². The van der Waals surface area contributed by atoms with Crippen molar-refractivity contribution in [2.24, 2.45) is 0 Å². The molecule has 0 fully saturated rings. The first-order valence-electron chi connectivity index (χ1n) is 7.34. The highest BCUT2D eigenvalue weighted by atomic mass is 32.2. The lowest BCUT2D eigenvalue weighted by Crippen LogP contribution is -2.26. The van der Waals surface area contributed by atoms with Gasteiger partial charge in [-0.25, -0.2) is 0 Å². The van der Waals surface area contributed by atoms with Gasteiger partial charge in [-0.1, -0.05) is 42.5 Å². The summed E-state index contributed by atoms with van der Waals surface area (Å²) < 4.78 is 5.98. The fraction of sp³-hybridized carbons (Fsp3) is 0.333. The topological polar surface area (TPSA) is 12.5 Å². The van der Waals surface area contributed by atoms with E-state index in [0.717, 1.165) is 24.5 Å². The van der Waals surface area contributed by atoms with Gasteiger partial charge in [0.05, 0.1) is 11.5 Å². The summed E-state index contributed by atoms with van der Waals surface area (Å²) in [4.78, 5) is 3.54. The van der Waals surface area contributed by atoms with Crippen molar-refractivity contribution in [3.63, 3.8) is 0 Å². The summed E-state index contributed by atoms with van der Waals surface area (Å²) in [6, 6.07) is 17.6. The highest BCUT2D eigenvalue weighted by molar-refractivity contribution is 7.98. The second-order valence-corrected chi connectivity index (χ2v) is 6.58. The SMILES string of the molecule is CN(C)C1CCOc2c(SCc3ccccc3)cccc21. The molecular formula is C18H21NOS. The van der Waals surface area contributed by atoms with Crippen molar-refractivity contribution < 1.29 is 4.74 Å². The molecule has 1 unspecified atom stereocenters. The minimum Gasteiger partial charge on any atom is -0.492 e. The van der Waals surface area contributed by atoms with Crippen LogP contribution in [0.25, 0.3) is 0 Å². The van der Waals surface area contributed by atoms with Gasteiger partial charge in [-0.2, -0.15) is 0 Å². The van der Waals surface area contributed by atoms with Crippen LogP contribution in [-0.2, 0) is 5.75 Å². The fourth-order valence-corrected chi connectivity index (χ4v) is 3.76. The molecule has 1 atom stereocenters. The van der Waals surface area contributed by atoms with Gasteiger partial charge in [-0.15, -0.1) is 11.8 Å². The molecule has 0 amide bonds. The maximum Gasteiger partial charge on any atom is 0.137 e. The Hall–Kier alpha value is -1.45. The number of hydrogen-bond acceptors (Lipinski definition) is 3. The molecule has 21 heavy (non-hydrogen) atoms. The molecule has 3 rings (SSSR count). The average Bonchev–Trinajstić information content (AvgIpc) is 2.53. The second-order valence-electron chi connectivity index (χ2n) is 5.57. The fourth-order valence-electron chi connectivity index (χ4n) is 2.76. The number of hydrogen-bond donors (Lipinski definition) is 0. The van der Waals surface area contributed by atoms with Gasteiger partial charge in [0, 0.05) is 23.8 Å². The Bertz CT molecular complexity index is 597. The first kappa shape index (κ1) is 14.5. The molecule has 0 saturated heterocycles. The third-order valence-electron chi connectivity index (χ3n) is 3.87. The lowest BCUT2D eigenvalue weighted by molar-refractivity contribution is 0.186. The normalized spacial score (nSPS) is 17.4. The summed E-state index contributed by atoms with van der Waals surface area (Å²) in [5, 5.41) is 0. The van der Waals surface area contributed by atoms with E-state index in [2.05, 4.69) is 67.5 Å². The summed E-state index contributed by atoms with van der Waals surface area (Å²) in [7, 11) is 4.28. The highest BCUT2D eigenvalue weighted by Crippen LogP contribution is 2.42. The number of ether oxygens (including phenoxy) is 1. The molecule has 1 aliphatic rings. The minimum atomic E-state index is 0.464. The van der Waals surface area contributed by atoms with Crippen LogP contribution in [0.15, 0.2) is 53.4 Å². The molecule has 0 aromatic heterocycles. The molecule has 0 bridgehead atoms. The van der Waals surface area contributed by atoms with Gasteiger partial charge in [0.1, 0.15) is 5.75 Å². The smallest absolute Gasteiger partial charge is 0.137 e. The van der Waals surface area contributed by atoms with Gasteiger partial charge in [0.25, 0.3) is 0 Å². The van der Waals surface area contributed by atoms with Gasteiger partial charge in [0.2, 0.25) is 0 Å². The number of benzene rings is 2. The van der Waals surface area contributed by atoms with Gasteiger partial charge >= 0.3 is 0 Å². The lowest BCUT2D eigenvalue weighted by Gasteiger charge is -2.31. The van der Waals surface area contributed by atoms with Crippen LogP contribution in [0.2, 0.25) is 0 Å². The number of fused-ring (bicyclic) bond motifs is 1. The molecule has 0 spiro atoms. The molecule has 2 aromatic carbocycles. The van der Waals surface area contributed by atoms with Crippen molar-refractivity contribution >= 4 is 11.8 Å². The zero-order valence-corrected chi connectivity index (χ0v) is 13.4. The van der Waals surface area contributed by atoms with Crippen LogP contribution >= 0.6 is 11.8 Å².